The Balaban J connectivity index is 1.65. The van der Waals surface area contributed by atoms with Crippen LogP contribution in [0.5, 0.6) is 0 Å². The number of halogens is 1. The molecule has 2 aromatic rings. The highest BCUT2D eigenvalue weighted by molar-refractivity contribution is 5.78. The smallest absolute Gasteiger partial charge is 0.342 e. The van der Waals surface area contributed by atoms with Gasteiger partial charge in [-0.1, -0.05) is 12.1 Å². The zero-order chi connectivity index (χ0) is 18.8. The monoisotopic (exact) mass is 360 g/mol. The lowest BCUT2D eigenvalue weighted by Gasteiger charge is -2.32. The van der Waals surface area contributed by atoms with E-state index in [0.29, 0.717) is 18.7 Å². The summed E-state index contributed by atoms with van der Waals surface area (Å²) in [4.78, 5) is 26.6. The molecule has 7 heteroatoms. The SMILES string of the molecule is CC(C)n1c(C2CCN(C(=O)Cc3cccc(F)c3)CC2)nn(C)c1=O. The average Bonchev–Trinajstić information content (AvgIpc) is 2.90. The fourth-order valence-corrected chi connectivity index (χ4v) is 3.58. The number of carbonyl (C=O) groups excluding carboxylic acids is 1. The maximum absolute atomic E-state index is 13.3. The lowest BCUT2D eigenvalue weighted by Crippen LogP contribution is -2.39. The van der Waals surface area contributed by atoms with E-state index in [2.05, 4.69) is 5.10 Å². The zero-order valence-corrected chi connectivity index (χ0v) is 15.5. The molecule has 1 aromatic heterocycles. The van der Waals surface area contributed by atoms with Crippen LogP contribution < -0.4 is 5.69 Å². The van der Waals surface area contributed by atoms with Crippen LogP contribution in [-0.4, -0.2) is 38.2 Å². The van der Waals surface area contributed by atoms with E-state index in [1.807, 2.05) is 18.7 Å². The largest absolute Gasteiger partial charge is 0.345 e. The second-order valence-corrected chi connectivity index (χ2v) is 7.19. The lowest BCUT2D eigenvalue weighted by molar-refractivity contribution is -0.131. The quantitative estimate of drug-likeness (QED) is 0.840. The van der Waals surface area contributed by atoms with E-state index < -0.39 is 0 Å². The summed E-state index contributed by atoms with van der Waals surface area (Å²) < 4.78 is 16.4. The third-order valence-electron chi connectivity index (χ3n) is 4.96. The molecule has 6 nitrogen and oxygen atoms in total. The number of carbonyl (C=O) groups is 1. The minimum absolute atomic E-state index is 0.0105. The number of rotatable bonds is 4. The highest BCUT2D eigenvalue weighted by atomic mass is 19.1. The van der Waals surface area contributed by atoms with Gasteiger partial charge in [0.1, 0.15) is 11.6 Å². The van der Waals surface area contributed by atoms with Crippen LogP contribution >= 0.6 is 0 Å². The number of benzene rings is 1. The van der Waals surface area contributed by atoms with Gasteiger partial charge < -0.3 is 4.90 Å². The number of aryl methyl sites for hydroxylation is 1. The molecule has 1 aromatic carbocycles. The Morgan fingerprint density at radius 3 is 2.62 bits per heavy atom. The summed E-state index contributed by atoms with van der Waals surface area (Å²) in [6.07, 6.45) is 1.76. The molecule has 0 unspecified atom stereocenters. The molecule has 140 valence electrons. The van der Waals surface area contributed by atoms with Crippen molar-refractivity contribution in [1.82, 2.24) is 19.2 Å². The molecule has 2 heterocycles. The first-order valence-corrected chi connectivity index (χ1v) is 9.04. The molecule has 0 N–H and O–H groups in total. The van der Waals surface area contributed by atoms with Crippen LogP contribution in [0.2, 0.25) is 0 Å². The standard InChI is InChI=1S/C19H25FN4O2/c1-13(2)24-18(21-22(3)19(24)26)15-7-9-23(10-8-15)17(25)12-14-5-4-6-16(20)11-14/h4-6,11,13,15H,7-10,12H2,1-3H3. The second-order valence-electron chi connectivity index (χ2n) is 7.19. The van der Waals surface area contributed by atoms with E-state index in [0.717, 1.165) is 18.7 Å². The van der Waals surface area contributed by atoms with Gasteiger partial charge in [-0.05, 0) is 44.4 Å². The normalized spacial score (nSPS) is 15.7. The fourth-order valence-electron chi connectivity index (χ4n) is 3.58. The third-order valence-corrected chi connectivity index (χ3v) is 4.96. The maximum atomic E-state index is 13.3. The minimum Gasteiger partial charge on any atom is -0.342 e. The molecule has 1 aliphatic heterocycles. The van der Waals surface area contributed by atoms with Gasteiger partial charge in [-0.2, -0.15) is 5.10 Å². The summed E-state index contributed by atoms with van der Waals surface area (Å²) in [5, 5.41) is 4.42. The summed E-state index contributed by atoms with van der Waals surface area (Å²) in [5.74, 6) is 0.668. The van der Waals surface area contributed by atoms with Gasteiger partial charge in [0.25, 0.3) is 0 Å². The first-order chi connectivity index (χ1) is 12.4. The first-order valence-electron chi connectivity index (χ1n) is 9.04. The molecule has 1 amide bonds. The molecule has 0 saturated carbocycles. The number of hydrogen-bond acceptors (Lipinski definition) is 3. The van der Waals surface area contributed by atoms with Crippen molar-refractivity contribution in [3.8, 4) is 0 Å². The van der Waals surface area contributed by atoms with Gasteiger partial charge in [-0.25, -0.2) is 13.9 Å². The summed E-state index contributed by atoms with van der Waals surface area (Å²) >= 11 is 0. The highest BCUT2D eigenvalue weighted by Crippen LogP contribution is 2.27. The first kappa shape index (κ1) is 18.4. The third kappa shape index (κ3) is 3.71. The van der Waals surface area contributed by atoms with Crippen LogP contribution in [0.15, 0.2) is 29.1 Å². The molecule has 26 heavy (non-hydrogen) atoms. The average molecular weight is 360 g/mol. The fraction of sp³-hybridized carbons (Fsp3) is 0.526. The van der Waals surface area contributed by atoms with E-state index >= 15 is 0 Å². The van der Waals surface area contributed by atoms with E-state index in [4.69, 9.17) is 0 Å². The van der Waals surface area contributed by atoms with Crippen molar-refractivity contribution in [3.63, 3.8) is 0 Å². The van der Waals surface area contributed by atoms with Crippen LogP contribution in [0.3, 0.4) is 0 Å². The molecule has 3 rings (SSSR count). The molecular weight excluding hydrogens is 335 g/mol. The van der Waals surface area contributed by atoms with E-state index in [1.165, 1.54) is 16.8 Å². The predicted molar refractivity (Wildman–Crippen MR) is 96.5 cm³/mol. The van der Waals surface area contributed by atoms with E-state index in [1.54, 1.807) is 23.7 Å². The number of aromatic nitrogens is 3. The lowest BCUT2D eigenvalue weighted by atomic mass is 9.95. The molecule has 0 atom stereocenters. The van der Waals surface area contributed by atoms with Crippen LogP contribution in [0.4, 0.5) is 4.39 Å². The Morgan fingerprint density at radius 1 is 1.31 bits per heavy atom. The van der Waals surface area contributed by atoms with Crippen molar-refractivity contribution in [1.29, 1.82) is 0 Å². The molecule has 0 radical (unpaired) electrons. The van der Waals surface area contributed by atoms with Gasteiger partial charge in [-0.15, -0.1) is 0 Å². The maximum Gasteiger partial charge on any atom is 0.345 e. The Bertz CT molecular complexity index is 847. The number of piperidine rings is 1. The van der Waals surface area contributed by atoms with Gasteiger partial charge in [0.15, 0.2) is 0 Å². The Labute approximate surface area is 152 Å². The van der Waals surface area contributed by atoms with Gasteiger partial charge in [0, 0.05) is 32.1 Å². The van der Waals surface area contributed by atoms with E-state index in [-0.39, 0.29) is 35.8 Å². The number of likely N-dealkylation sites (tertiary alicyclic amines) is 1. The zero-order valence-electron chi connectivity index (χ0n) is 15.5. The molecule has 0 aliphatic carbocycles. The van der Waals surface area contributed by atoms with Crippen LogP contribution in [-0.2, 0) is 18.3 Å². The van der Waals surface area contributed by atoms with Gasteiger partial charge in [0.05, 0.1) is 6.42 Å². The number of hydrogen-bond donors (Lipinski definition) is 0. The van der Waals surface area contributed by atoms with Crippen LogP contribution in [0, 0.1) is 5.82 Å². The summed E-state index contributed by atoms with van der Waals surface area (Å²) in [6, 6.07) is 6.22. The summed E-state index contributed by atoms with van der Waals surface area (Å²) in [7, 11) is 1.67. The molecule has 0 spiro atoms. The van der Waals surface area contributed by atoms with Gasteiger partial charge in [0.2, 0.25) is 5.91 Å². The van der Waals surface area contributed by atoms with Gasteiger partial charge >= 0.3 is 5.69 Å². The van der Waals surface area contributed by atoms with E-state index in [9.17, 15) is 14.0 Å². The van der Waals surface area contributed by atoms with Crippen molar-refractivity contribution in [2.45, 2.75) is 45.1 Å². The second kappa shape index (κ2) is 7.43. The van der Waals surface area contributed by atoms with Crippen molar-refractivity contribution in [2.24, 2.45) is 7.05 Å². The Hall–Kier alpha value is -2.44. The summed E-state index contributed by atoms with van der Waals surface area (Å²) in [6.45, 7) is 5.21. The Morgan fingerprint density at radius 2 is 2.00 bits per heavy atom. The number of amides is 1. The Kier molecular flexibility index (Phi) is 5.25. The van der Waals surface area contributed by atoms with Crippen molar-refractivity contribution >= 4 is 5.91 Å². The van der Waals surface area contributed by atoms with Crippen molar-refractivity contribution in [3.05, 3.63) is 52.0 Å². The van der Waals surface area contributed by atoms with Gasteiger partial charge in [-0.3, -0.25) is 9.36 Å². The minimum atomic E-state index is -0.323. The topological polar surface area (TPSA) is 60.1 Å². The molecule has 1 saturated heterocycles. The molecule has 1 aliphatic rings. The predicted octanol–water partition coefficient (Wildman–Crippen LogP) is 2.25. The number of nitrogens with zero attached hydrogens (tertiary/aromatic N) is 4. The molecular formula is C19H25FN4O2. The van der Waals surface area contributed by atoms with Crippen molar-refractivity contribution in [2.75, 3.05) is 13.1 Å². The highest BCUT2D eigenvalue weighted by Gasteiger charge is 2.28. The van der Waals surface area contributed by atoms with Crippen LogP contribution in [0.25, 0.3) is 0 Å². The summed E-state index contributed by atoms with van der Waals surface area (Å²) in [5.41, 5.74) is 0.593. The molecule has 0 bridgehead atoms. The van der Waals surface area contributed by atoms with Crippen LogP contribution in [0.1, 0.15) is 50.0 Å². The van der Waals surface area contributed by atoms with Crippen molar-refractivity contribution < 1.29 is 9.18 Å². The molecule has 1 fully saturated rings.